The van der Waals surface area contributed by atoms with Crippen LogP contribution in [0.15, 0.2) is 24.4 Å². The summed E-state index contributed by atoms with van der Waals surface area (Å²) < 4.78 is 5.38. The van der Waals surface area contributed by atoms with Crippen molar-refractivity contribution < 1.29 is 4.74 Å². The number of halogens is 1. The number of aromatic nitrogens is 1. The first-order valence-corrected chi connectivity index (χ1v) is 5.25. The van der Waals surface area contributed by atoms with Crippen LogP contribution in [0.2, 0.25) is 5.15 Å². The van der Waals surface area contributed by atoms with Gasteiger partial charge in [0.25, 0.3) is 0 Å². The highest BCUT2D eigenvalue weighted by molar-refractivity contribution is 6.34. The average Bonchev–Trinajstić information content (AvgIpc) is 2.30. The predicted molar refractivity (Wildman–Crippen MR) is 62.6 cm³/mol. The van der Waals surface area contributed by atoms with E-state index in [2.05, 4.69) is 11.1 Å². The lowest BCUT2D eigenvalue weighted by Crippen LogP contribution is -1.95. The van der Waals surface area contributed by atoms with Crippen molar-refractivity contribution in [2.45, 2.75) is 6.92 Å². The van der Waals surface area contributed by atoms with Crippen LogP contribution in [0.5, 0.6) is 5.75 Å². The van der Waals surface area contributed by atoms with E-state index in [4.69, 9.17) is 21.6 Å². The molecule has 0 aliphatic rings. The second-order valence-corrected chi connectivity index (χ2v) is 3.57. The van der Waals surface area contributed by atoms with E-state index in [0.29, 0.717) is 23.1 Å². The molecule has 0 fully saturated rings. The lowest BCUT2D eigenvalue weighted by molar-refractivity contribution is 0.340. The molecule has 0 unspecified atom stereocenters. The van der Waals surface area contributed by atoms with E-state index >= 15 is 0 Å². The Balaban J connectivity index is 2.72. The number of fused-ring (bicyclic) bond motifs is 1. The third-order valence-corrected chi connectivity index (χ3v) is 2.54. The third kappa shape index (κ3) is 1.80. The van der Waals surface area contributed by atoms with Crippen LogP contribution in [-0.2, 0) is 0 Å². The topological polar surface area (TPSA) is 45.9 Å². The SMILES string of the molecule is CCOc1cc2c(Cl)nccc2cc1C#N. The first-order valence-electron chi connectivity index (χ1n) is 4.87. The number of hydrogen-bond donors (Lipinski definition) is 0. The molecule has 0 radical (unpaired) electrons. The van der Waals surface area contributed by atoms with Crippen molar-refractivity contribution >= 4 is 22.4 Å². The summed E-state index contributed by atoms with van der Waals surface area (Å²) in [5, 5.41) is 11.1. The number of benzene rings is 1. The highest BCUT2D eigenvalue weighted by Crippen LogP contribution is 2.29. The molecule has 0 aliphatic carbocycles. The summed E-state index contributed by atoms with van der Waals surface area (Å²) >= 11 is 5.98. The molecule has 0 aliphatic heterocycles. The Morgan fingerprint density at radius 2 is 2.31 bits per heavy atom. The molecule has 2 rings (SSSR count). The zero-order valence-electron chi connectivity index (χ0n) is 8.70. The minimum Gasteiger partial charge on any atom is -0.492 e. The second kappa shape index (κ2) is 4.38. The zero-order valence-corrected chi connectivity index (χ0v) is 9.45. The van der Waals surface area contributed by atoms with Gasteiger partial charge in [0.15, 0.2) is 0 Å². The molecule has 0 N–H and O–H groups in total. The summed E-state index contributed by atoms with van der Waals surface area (Å²) in [6.07, 6.45) is 1.62. The fourth-order valence-corrected chi connectivity index (χ4v) is 1.75. The molecule has 16 heavy (non-hydrogen) atoms. The minimum absolute atomic E-state index is 0.419. The van der Waals surface area contributed by atoms with Gasteiger partial charge in [-0.2, -0.15) is 5.26 Å². The lowest BCUT2D eigenvalue weighted by atomic mass is 10.1. The molecule has 0 saturated heterocycles. The summed E-state index contributed by atoms with van der Waals surface area (Å²) in [5.41, 5.74) is 0.511. The van der Waals surface area contributed by atoms with Crippen molar-refractivity contribution in [2.75, 3.05) is 6.61 Å². The van der Waals surface area contributed by atoms with E-state index < -0.39 is 0 Å². The van der Waals surface area contributed by atoms with Crippen LogP contribution in [-0.4, -0.2) is 11.6 Å². The quantitative estimate of drug-likeness (QED) is 0.748. The van der Waals surface area contributed by atoms with Crippen molar-refractivity contribution in [2.24, 2.45) is 0 Å². The number of hydrogen-bond acceptors (Lipinski definition) is 3. The van der Waals surface area contributed by atoms with Crippen LogP contribution >= 0.6 is 11.6 Å². The van der Waals surface area contributed by atoms with E-state index in [9.17, 15) is 0 Å². The normalized spacial score (nSPS) is 10.1. The minimum atomic E-state index is 0.419. The van der Waals surface area contributed by atoms with Crippen molar-refractivity contribution in [3.63, 3.8) is 0 Å². The molecule has 1 aromatic heterocycles. The van der Waals surface area contributed by atoms with Crippen LogP contribution < -0.4 is 4.74 Å². The predicted octanol–water partition coefficient (Wildman–Crippen LogP) is 3.16. The summed E-state index contributed by atoms with van der Waals surface area (Å²) in [6.45, 7) is 2.38. The molecule has 0 amide bonds. The van der Waals surface area contributed by atoms with Gasteiger partial charge in [-0.05, 0) is 30.5 Å². The van der Waals surface area contributed by atoms with Crippen molar-refractivity contribution in [3.8, 4) is 11.8 Å². The van der Waals surface area contributed by atoms with Gasteiger partial charge in [0.05, 0.1) is 12.2 Å². The molecule has 3 nitrogen and oxygen atoms in total. The standard InChI is InChI=1S/C12H9ClN2O/c1-2-16-11-6-10-8(5-9(11)7-14)3-4-15-12(10)13/h3-6H,2H2,1H3. The molecule has 80 valence electrons. The maximum atomic E-state index is 9.00. The Hall–Kier alpha value is -1.79. The molecule has 1 aromatic carbocycles. The van der Waals surface area contributed by atoms with Gasteiger partial charge >= 0.3 is 0 Å². The molecule has 2 aromatic rings. The average molecular weight is 233 g/mol. The smallest absolute Gasteiger partial charge is 0.137 e. The van der Waals surface area contributed by atoms with Crippen molar-refractivity contribution in [1.29, 1.82) is 5.26 Å². The molecule has 0 bridgehead atoms. The van der Waals surface area contributed by atoms with Crippen molar-refractivity contribution in [3.05, 3.63) is 35.1 Å². The number of rotatable bonds is 2. The van der Waals surface area contributed by atoms with E-state index in [1.807, 2.05) is 13.0 Å². The molecule has 0 spiro atoms. The second-order valence-electron chi connectivity index (χ2n) is 3.22. The van der Waals surface area contributed by atoms with Crippen LogP contribution in [0, 0.1) is 11.3 Å². The highest BCUT2D eigenvalue weighted by Gasteiger charge is 2.08. The fraction of sp³-hybridized carbons (Fsp3) is 0.167. The summed E-state index contributed by atoms with van der Waals surface area (Å²) in [4.78, 5) is 3.99. The number of nitrogens with zero attached hydrogens (tertiary/aromatic N) is 2. The Labute approximate surface area is 98.2 Å². The monoisotopic (exact) mass is 232 g/mol. The van der Waals surface area contributed by atoms with Gasteiger partial charge < -0.3 is 4.74 Å². The first-order chi connectivity index (χ1) is 7.76. The molecular formula is C12H9ClN2O. The van der Waals surface area contributed by atoms with Crippen LogP contribution in [0.3, 0.4) is 0 Å². The highest BCUT2D eigenvalue weighted by atomic mass is 35.5. The molecule has 0 saturated carbocycles. The van der Waals surface area contributed by atoms with E-state index in [1.165, 1.54) is 0 Å². The Morgan fingerprint density at radius 1 is 1.50 bits per heavy atom. The molecular weight excluding hydrogens is 224 g/mol. The molecule has 0 atom stereocenters. The third-order valence-electron chi connectivity index (χ3n) is 2.24. The van der Waals surface area contributed by atoms with E-state index in [0.717, 1.165) is 10.8 Å². The first kappa shape index (κ1) is 10.7. The van der Waals surface area contributed by atoms with Crippen molar-refractivity contribution in [1.82, 2.24) is 4.98 Å². The largest absolute Gasteiger partial charge is 0.492 e. The van der Waals surface area contributed by atoms with E-state index in [-0.39, 0.29) is 0 Å². The molecule has 4 heteroatoms. The van der Waals surface area contributed by atoms with Gasteiger partial charge in [-0.1, -0.05) is 11.6 Å². The fourth-order valence-electron chi connectivity index (χ4n) is 1.53. The summed E-state index contributed by atoms with van der Waals surface area (Å²) in [6, 6.07) is 7.44. The zero-order chi connectivity index (χ0) is 11.5. The van der Waals surface area contributed by atoms with Crippen LogP contribution in [0.25, 0.3) is 10.8 Å². The Morgan fingerprint density at radius 3 is 3.00 bits per heavy atom. The van der Waals surface area contributed by atoms with Crippen LogP contribution in [0.1, 0.15) is 12.5 Å². The maximum absolute atomic E-state index is 9.00. The van der Waals surface area contributed by atoms with Gasteiger partial charge in [0.1, 0.15) is 17.0 Å². The van der Waals surface area contributed by atoms with Gasteiger partial charge in [0.2, 0.25) is 0 Å². The van der Waals surface area contributed by atoms with Gasteiger partial charge in [-0.15, -0.1) is 0 Å². The van der Waals surface area contributed by atoms with Gasteiger partial charge in [0, 0.05) is 11.6 Å². The lowest BCUT2D eigenvalue weighted by Gasteiger charge is -2.07. The van der Waals surface area contributed by atoms with Gasteiger partial charge in [-0.25, -0.2) is 4.98 Å². The Kier molecular flexibility index (Phi) is 2.93. The molecule has 1 heterocycles. The summed E-state index contributed by atoms with van der Waals surface area (Å²) in [7, 11) is 0. The maximum Gasteiger partial charge on any atom is 0.137 e. The summed E-state index contributed by atoms with van der Waals surface area (Å²) in [5.74, 6) is 0.549. The number of ether oxygens (including phenoxy) is 1. The number of pyridine rings is 1. The van der Waals surface area contributed by atoms with Crippen LogP contribution in [0.4, 0.5) is 0 Å². The van der Waals surface area contributed by atoms with Gasteiger partial charge in [-0.3, -0.25) is 0 Å². The van der Waals surface area contributed by atoms with E-state index in [1.54, 1.807) is 18.3 Å². The Bertz CT molecular complexity index is 575. The number of nitriles is 1.